The van der Waals surface area contributed by atoms with Crippen molar-refractivity contribution in [2.24, 2.45) is 13.0 Å². The molecule has 1 aliphatic heterocycles. The molecule has 1 fully saturated rings. The van der Waals surface area contributed by atoms with Crippen LogP contribution in [0.2, 0.25) is 0 Å². The summed E-state index contributed by atoms with van der Waals surface area (Å²) >= 11 is 0. The van der Waals surface area contributed by atoms with Crippen LogP contribution in [0.1, 0.15) is 35.3 Å². The highest BCUT2D eigenvalue weighted by molar-refractivity contribution is 7.91. The molecule has 146 valence electrons. The summed E-state index contributed by atoms with van der Waals surface area (Å²) in [6.45, 7) is 2.18. The van der Waals surface area contributed by atoms with E-state index >= 15 is 0 Å². The second-order valence-electron chi connectivity index (χ2n) is 7.17. The van der Waals surface area contributed by atoms with Crippen LogP contribution < -0.4 is 5.32 Å². The molecule has 1 amide bonds. The van der Waals surface area contributed by atoms with Crippen molar-refractivity contribution >= 4 is 15.7 Å². The van der Waals surface area contributed by atoms with Gasteiger partial charge in [-0.3, -0.25) is 9.48 Å². The second kappa shape index (κ2) is 7.80. The largest absolute Gasteiger partial charge is 0.351 e. The Bertz CT molecular complexity index is 953. The van der Waals surface area contributed by atoms with Crippen molar-refractivity contribution in [1.82, 2.24) is 15.1 Å². The van der Waals surface area contributed by atoms with Gasteiger partial charge in [0.2, 0.25) is 0 Å². The molecule has 1 atom stereocenters. The molecule has 2 heterocycles. The Morgan fingerprint density at radius 2 is 2.15 bits per heavy atom. The molecule has 1 aromatic carbocycles. The third-order valence-electron chi connectivity index (χ3n) is 4.97. The van der Waals surface area contributed by atoms with Gasteiger partial charge >= 0.3 is 0 Å². The van der Waals surface area contributed by atoms with E-state index in [-0.39, 0.29) is 29.1 Å². The van der Waals surface area contributed by atoms with Crippen LogP contribution in [0.4, 0.5) is 4.39 Å². The number of aryl methyl sites for hydroxylation is 2. The van der Waals surface area contributed by atoms with Crippen molar-refractivity contribution in [2.75, 3.05) is 18.1 Å². The lowest BCUT2D eigenvalue weighted by molar-refractivity contribution is 0.0947. The van der Waals surface area contributed by atoms with E-state index < -0.39 is 9.84 Å². The average Bonchev–Trinajstić information content (AvgIpc) is 3.16. The Morgan fingerprint density at radius 3 is 2.81 bits per heavy atom. The molecule has 1 unspecified atom stereocenters. The quantitative estimate of drug-likeness (QED) is 0.765. The van der Waals surface area contributed by atoms with Gasteiger partial charge in [0.1, 0.15) is 5.82 Å². The van der Waals surface area contributed by atoms with Crippen LogP contribution in [0.5, 0.6) is 0 Å². The fourth-order valence-corrected chi connectivity index (χ4v) is 5.35. The summed E-state index contributed by atoms with van der Waals surface area (Å²) in [5.74, 6) is 0.212. The minimum Gasteiger partial charge on any atom is -0.351 e. The van der Waals surface area contributed by atoms with Crippen LogP contribution in [0.25, 0.3) is 11.3 Å². The number of hydrogen-bond donors (Lipinski definition) is 1. The Morgan fingerprint density at radius 1 is 1.37 bits per heavy atom. The van der Waals surface area contributed by atoms with E-state index in [4.69, 9.17) is 0 Å². The Hall–Kier alpha value is -2.22. The number of carbonyl (C=O) groups excluding carboxylic acids is 1. The number of hydrogen-bond acceptors (Lipinski definition) is 4. The molecule has 0 radical (unpaired) electrons. The lowest BCUT2D eigenvalue weighted by Gasteiger charge is -2.07. The Labute approximate surface area is 158 Å². The van der Waals surface area contributed by atoms with Crippen LogP contribution in [0.15, 0.2) is 24.3 Å². The lowest BCUT2D eigenvalue weighted by atomic mass is 10.0. The smallest absolute Gasteiger partial charge is 0.271 e. The maximum Gasteiger partial charge on any atom is 0.271 e. The maximum atomic E-state index is 13.5. The summed E-state index contributed by atoms with van der Waals surface area (Å²) in [6, 6.07) is 6.48. The average molecular weight is 393 g/mol. The zero-order valence-corrected chi connectivity index (χ0v) is 16.4. The summed E-state index contributed by atoms with van der Waals surface area (Å²) in [4.78, 5) is 12.3. The van der Waals surface area contributed by atoms with E-state index in [1.807, 2.05) is 0 Å². The SMILES string of the molecule is Cc1cc(-c2cc(C(=O)NCCCC3CCS(=O)(=O)C3)nn2C)ccc1F. The molecule has 1 saturated heterocycles. The first kappa shape index (κ1) is 19.5. The molecule has 1 aromatic heterocycles. The molecule has 0 aliphatic carbocycles. The predicted molar refractivity (Wildman–Crippen MR) is 102 cm³/mol. The summed E-state index contributed by atoms with van der Waals surface area (Å²) in [6.07, 6.45) is 2.25. The van der Waals surface area contributed by atoms with Crippen LogP contribution in [-0.4, -0.2) is 42.2 Å². The van der Waals surface area contributed by atoms with E-state index in [0.29, 0.717) is 17.8 Å². The van der Waals surface area contributed by atoms with Gasteiger partial charge in [-0.25, -0.2) is 12.8 Å². The second-order valence-corrected chi connectivity index (χ2v) is 9.40. The fraction of sp³-hybridized carbons (Fsp3) is 0.474. The van der Waals surface area contributed by atoms with Gasteiger partial charge < -0.3 is 5.32 Å². The summed E-state index contributed by atoms with van der Waals surface area (Å²) in [7, 11) is -1.11. The molecule has 8 heteroatoms. The highest BCUT2D eigenvalue weighted by Gasteiger charge is 2.27. The number of nitrogens with zero attached hydrogens (tertiary/aromatic N) is 2. The summed E-state index contributed by atoms with van der Waals surface area (Å²) in [5.41, 5.74) is 2.37. The highest BCUT2D eigenvalue weighted by atomic mass is 32.2. The standard InChI is InChI=1S/C19H24FN3O3S/c1-13-10-15(5-6-16(13)20)18-11-17(22-23(18)2)19(24)21-8-3-4-14-7-9-27(25,26)12-14/h5-6,10-11,14H,3-4,7-9,12H2,1-2H3,(H,21,24). The van der Waals surface area contributed by atoms with E-state index in [1.165, 1.54) is 6.07 Å². The molecule has 0 saturated carbocycles. The molecular formula is C19H24FN3O3S. The molecule has 6 nitrogen and oxygen atoms in total. The third-order valence-corrected chi connectivity index (χ3v) is 6.80. The number of aromatic nitrogens is 2. The van der Waals surface area contributed by atoms with Crippen LogP contribution in [0.3, 0.4) is 0 Å². The lowest BCUT2D eigenvalue weighted by Crippen LogP contribution is -2.25. The van der Waals surface area contributed by atoms with Gasteiger partial charge in [0, 0.05) is 19.2 Å². The number of carbonyl (C=O) groups is 1. The van der Waals surface area contributed by atoms with Gasteiger partial charge in [0.25, 0.3) is 5.91 Å². The molecule has 27 heavy (non-hydrogen) atoms. The molecular weight excluding hydrogens is 369 g/mol. The molecule has 0 spiro atoms. The Kier molecular flexibility index (Phi) is 5.64. The number of halogens is 1. The van der Waals surface area contributed by atoms with Crippen molar-refractivity contribution in [3.05, 3.63) is 41.3 Å². The number of benzene rings is 1. The van der Waals surface area contributed by atoms with E-state index in [1.54, 1.807) is 36.9 Å². The van der Waals surface area contributed by atoms with Gasteiger partial charge in [-0.05, 0) is 61.9 Å². The molecule has 1 N–H and O–H groups in total. The van der Waals surface area contributed by atoms with Crippen LogP contribution >= 0.6 is 0 Å². The molecule has 0 bridgehead atoms. The molecule has 2 aromatic rings. The van der Waals surface area contributed by atoms with Gasteiger partial charge in [-0.2, -0.15) is 5.10 Å². The van der Waals surface area contributed by atoms with Gasteiger partial charge in [-0.1, -0.05) is 0 Å². The first-order chi connectivity index (χ1) is 12.7. The van der Waals surface area contributed by atoms with Crippen molar-refractivity contribution < 1.29 is 17.6 Å². The van der Waals surface area contributed by atoms with Crippen molar-refractivity contribution in [1.29, 1.82) is 0 Å². The number of amides is 1. The molecule has 3 rings (SSSR count). The third kappa shape index (κ3) is 4.74. The zero-order valence-electron chi connectivity index (χ0n) is 15.5. The monoisotopic (exact) mass is 393 g/mol. The first-order valence-electron chi connectivity index (χ1n) is 9.04. The van der Waals surface area contributed by atoms with Crippen molar-refractivity contribution in [3.63, 3.8) is 0 Å². The zero-order chi connectivity index (χ0) is 19.6. The Balaban J connectivity index is 1.55. The fourth-order valence-electron chi connectivity index (χ4n) is 3.44. The van der Waals surface area contributed by atoms with E-state index in [0.717, 1.165) is 30.5 Å². The minimum absolute atomic E-state index is 0.204. The number of rotatable bonds is 6. The summed E-state index contributed by atoms with van der Waals surface area (Å²) < 4.78 is 38.0. The van der Waals surface area contributed by atoms with Crippen LogP contribution in [-0.2, 0) is 16.9 Å². The first-order valence-corrected chi connectivity index (χ1v) is 10.9. The number of nitrogens with one attached hydrogen (secondary N) is 1. The van der Waals surface area contributed by atoms with Gasteiger partial charge in [-0.15, -0.1) is 0 Å². The predicted octanol–water partition coefficient (Wildman–Crippen LogP) is 2.48. The normalized spacial score (nSPS) is 18.6. The molecule has 1 aliphatic rings. The van der Waals surface area contributed by atoms with Crippen molar-refractivity contribution in [2.45, 2.75) is 26.2 Å². The van der Waals surface area contributed by atoms with Crippen LogP contribution in [0, 0.1) is 18.7 Å². The van der Waals surface area contributed by atoms with Gasteiger partial charge in [0.15, 0.2) is 15.5 Å². The number of sulfone groups is 1. The maximum absolute atomic E-state index is 13.5. The topological polar surface area (TPSA) is 81.1 Å². The van der Waals surface area contributed by atoms with E-state index in [9.17, 15) is 17.6 Å². The highest BCUT2D eigenvalue weighted by Crippen LogP contribution is 2.23. The summed E-state index contributed by atoms with van der Waals surface area (Å²) in [5, 5.41) is 7.08. The minimum atomic E-state index is -2.85. The van der Waals surface area contributed by atoms with Gasteiger partial charge in [0.05, 0.1) is 17.2 Å². The van der Waals surface area contributed by atoms with E-state index in [2.05, 4.69) is 10.4 Å². The van der Waals surface area contributed by atoms with Crippen molar-refractivity contribution in [3.8, 4) is 11.3 Å².